The Hall–Kier alpha value is -2.70. The normalized spacial score (nSPS) is 19.3. The molecule has 0 bridgehead atoms. The molecule has 25 heavy (non-hydrogen) atoms. The topological polar surface area (TPSA) is 96.8 Å². The van der Waals surface area contributed by atoms with Crippen molar-refractivity contribution in [3.05, 3.63) is 62.2 Å². The molecule has 0 spiro atoms. The molecule has 1 amide bonds. The molecular weight excluding hydrogens is 320 g/mol. The molecule has 0 atom stereocenters. The molecule has 0 unspecified atom stereocenters. The number of pyridine rings is 1. The van der Waals surface area contributed by atoms with Crippen LogP contribution in [0, 0.1) is 13.8 Å². The Kier molecular flexibility index (Phi) is 4.83. The van der Waals surface area contributed by atoms with Crippen LogP contribution in [0.25, 0.3) is 0 Å². The highest BCUT2D eigenvalue weighted by molar-refractivity contribution is 5.76. The van der Waals surface area contributed by atoms with E-state index >= 15 is 0 Å². The van der Waals surface area contributed by atoms with Crippen molar-refractivity contribution in [1.82, 2.24) is 19.9 Å². The Morgan fingerprint density at radius 1 is 1.32 bits per heavy atom. The smallest absolute Gasteiger partial charge is 0.251 e. The Morgan fingerprint density at radius 2 is 2.08 bits per heavy atom. The quantitative estimate of drug-likeness (QED) is 0.847. The van der Waals surface area contributed by atoms with Crippen LogP contribution in [-0.2, 0) is 11.3 Å². The molecule has 2 aromatic heterocycles. The van der Waals surface area contributed by atoms with Crippen molar-refractivity contribution in [3.8, 4) is 0 Å². The van der Waals surface area contributed by atoms with E-state index in [9.17, 15) is 14.4 Å². The highest BCUT2D eigenvalue weighted by Gasteiger charge is 2.32. The average molecular weight is 342 g/mol. The predicted molar refractivity (Wildman–Crippen MR) is 93.6 cm³/mol. The number of rotatable bonds is 5. The highest BCUT2D eigenvalue weighted by Crippen LogP contribution is 2.35. The van der Waals surface area contributed by atoms with Crippen LogP contribution >= 0.6 is 0 Å². The summed E-state index contributed by atoms with van der Waals surface area (Å²) in [4.78, 5) is 42.4. The van der Waals surface area contributed by atoms with Crippen LogP contribution in [0.4, 0.5) is 0 Å². The van der Waals surface area contributed by atoms with Crippen molar-refractivity contribution in [2.24, 2.45) is 0 Å². The van der Waals surface area contributed by atoms with Crippen LogP contribution in [0.5, 0.6) is 0 Å². The monoisotopic (exact) mass is 342 g/mol. The number of aromatic amines is 1. The summed E-state index contributed by atoms with van der Waals surface area (Å²) in [6, 6.07) is 6.70. The summed E-state index contributed by atoms with van der Waals surface area (Å²) in [6.45, 7) is 3.99. The molecule has 2 N–H and O–H groups in total. The number of amides is 1. The van der Waals surface area contributed by atoms with Gasteiger partial charge in [-0.2, -0.15) is 0 Å². The number of nitrogens with zero attached hydrogens (tertiary/aromatic N) is 2. The van der Waals surface area contributed by atoms with Gasteiger partial charge in [0.2, 0.25) is 5.91 Å². The van der Waals surface area contributed by atoms with Crippen LogP contribution in [0.2, 0.25) is 0 Å². The third-order valence-corrected chi connectivity index (χ3v) is 4.63. The molecular formula is C18H22N4O3. The van der Waals surface area contributed by atoms with Gasteiger partial charge in [-0.15, -0.1) is 0 Å². The minimum absolute atomic E-state index is 0.0614. The molecule has 0 saturated heterocycles. The molecule has 1 aliphatic carbocycles. The SMILES string of the molecule is Cc1nc(C2CC(NC(=O)CCn3c(C)cccc3=O)C2)cc(=O)[nH]1. The van der Waals surface area contributed by atoms with Crippen molar-refractivity contribution >= 4 is 5.91 Å². The molecule has 1 saturated carbocycles. The number of H-pyrrole nitrogens is 1. The maximum atomic E-state index is 12.1. The summed E-state index contributed by atoms with van der Waals surface area (Å²) in [5, 5.41) is 2.99. The lowest BCUT2D eigenvalue weighted by molar-refractivity contribution is -0.122. The molecule has 0 radical (unpaired) electrons. The molecule has 1 aliphatic rings. The fraction of sp³-hybridized carbons (Fsp3) is 0.444. The molecule has 0 aliphatic heterocycles. The lowest BCUT2D eigenvalue weighted by atomic mass is 9.78. The van der Waals surface area contributed by atoms with Crippen molar-refractivity contribution in [2.45, 2.75) is 51.6 Å². The second-order valence-corrected chi connectivity index (χ2v) is 6.60. The maximum absolute atomic E-state index is 12.1. The minimum atomic E-state index is -0.140. The summed E-state index contributed by atoms with van der Waals surface area (Å²) in [7, 11) is 0. The van der Waals surface area contributed by atoms with Gasteiger partial charge >= 0.3 is 0 Å². The van der Waals surface area contributed by atoms with E-state index in [4.69, 9.17) is 0 Å². The standard InChI is InChI=1S/C18H22N4O3/c1-11-4-3-5-18(25)22(11)7-6-16(23)21-14-8-13(9-14)15-10-17(24)20-12(2)19-15/h3-5,10,13-14H,6-9H2,1-2H3,(H,21,23)(H,19,20,24). The second kappa shape index (κ2) is 7.04. The molecule has 1 fully saturated rings. The van der Waals surface area contributed by atoms with Gasteiger partial charge in [-0.05, 0) is 32.8 Å². The molecule has 0 aromatic carbocycles. The van der Waals surface area contributed by atoms with Gasteiger partial charge in [0, 0.05) is 42.8 Å². The van der Waals surface area contributed by atoms with Crippen molar-refractivity contribution in [2.75, 3.05) is 0 Å². The van der Waals surface area contributed by atoms with Gasteiger partial charge in [0.15, 0.2) is 0 Å². The number of hydrogen-bond donors (Lipinski definition) is 2. The zero-order chi connectivity index (χ0) is 18.0. The lowest BCUT2D eigenvalue weighted by Crippen LogP contribution is -2.44. The van der Waals surface area contributed by atoms with E-state index in [2.05, 4.69) is 15.3 Å². The van der Waals surface area contributed by atoms with E-state index in [-0.39, 0.29) is 35.4 Å². The van der Waals surface area contributed by atoms with Gasteiger partial charge in [0.1, 0.15) is 5.82 Å². The van der Waals surface area contributed by atoms with Crippen molar-refractivity contribution in [1.29, 1.82) is 0 Å². The van der Waals surface area contributed by atoms with Crippen LogP contribution in [-0.4, -0.2) is 26.5 Å². The van der Waals surface area contributed by atoms with Gasteiger partial charge in [-0.25, -0.2) is 4.98 Å². The first-order valence-electron chi connectivity index (χ1n) is 8.46. The first kappa shape index (κ1) is 17.1. The van der Waals surface area contributed by atoms with Gasteiger partial charge in [0.05, 0.1) is 5.69 Å². The van der Waals surface area contributed by atoms with Crippen LogP contribution in [0.15, 0.2) is 33.9 Å². The summed E-state index contributed by atoms with van der Waals surface area (Å²) in [5.74, 6) is 0.762. The number of carbonyl (C=O) groups excluding carboxylic acids is 1. The van der Waals surface area contributed by atoms with Crippen LogP contribution in [0.1, 0.15) is 42.4 Å². The Bertz CT molecular complexity index is 894. The zero-order valence-corrected chi connectivity index (χ0v) is 14.4. The van der Waals surface area contributed by atoms with E-state index in [1.54, 1.807) is 17.6 Å². The predicted octanol–water partition coefficient (Wildman–Crippen LogP) is 1.00. The Labute approximate surface area is 145 Å². The first-order valence-corrected chi connectivity index (χ1v) is 8.46. The molecule has 7 heteroatoms. The molecule has 2 aromatic rings. The molecule has 7 nitrogen and oxygen atoms in total. The fourth-order valence-corrected chi connectivity index (χ4v) is 3.21. The second-order valence-electron chi connectivity index (χ2n) is 6.60. The molecule has 132 valence electrons. The summed E-state index contributed by atoms with van der Waals surface area (Å²) in [5.41, 5.74) is 1.41. The third-order valence-electron chi connectivity index (χ3n) is 4.63. The van der Waals surface area contributed by atoms with Gasteiger partial charge in [-0.3, -0.25) is 14.4 Å². The van der Waals surface area contributed by atoms with Crippen LogP contribution in [0.3, 0.4) is 0 Å². The number of carbonyl (C=O) groups is 1. The Morgan fingerprint density at radius 3 is 2.76 bits per heavy atom. The third kappa shape index (κ3) is 4.04. The number of nitrogens with one attached hydrogen (secondary N) is 2. The largest absolute Gasteiger partial charge is 0.353 e. The Balaban J connectivity index is 1.49. The highest BCUT2D eigenvalue weighted by atomic mass is 16.2. The summed E-state index contributed by atoms with van der Waals surface area (Å²) < 4.78 is 1.60. The minimum Gasteiger partial charge on any atom is -0.353 e. The van der Waals surface area contributed by atoms with E-state index in [1.807, 2.05) is 13.0 Å². The van der Waals surface area contributed by atoms with Crippen molar-refractivity contribution in [3.63, 3.8) is 0 Å². The summed E-state index contributed by atoms with van der Waals surface area (Å²) >= 11 is 0. The zero-order valence-electron chi connectivity index (χ0n) is 14.4. The summed E-state index contributed by atoms with van der Waals surface area (Å²) in [6.07, 6.45) is 1.84. The maximum Gasteiger partial charge on any atom is 0.251 e. The van der Waals surface area contributed by atoms with Crippen LogP contribution < -0.4 is 16.4 Å². The molecule has 2 heterocycles. The van der Waals surface area contributed by atoms with E-state index < -0.39 is 0 Å². The molecule has 3 rings (SSSR count). The number of aryl methyl sites for hydroxylation is 2. The van der Waals surface area contributed by atoms with E-state index in [0.29, 0.717) is 12.4 Å². The lowest BCUT2D eigenvalue weighted by Gasteiger charge is -2.35. The van der Waals surface area contributed by atoms with E-state index in [0.717, 1.165) is 24.2 Å². The van der Waals surface area contributed by atoms with E-state index in [1.165, 1.54) is 12.1 Å². The number of hydrogen-bond acceptors (Lipinski definition) is 4. The van der Waals surface area contributed by atoms with Crippen molar-refractivity contribution < 1.29 is 4.79 Å². The first-order chi connectivity index (χ1) is 11.9. The van der Waals surface area contributed by atoms with Gasteiger partial charge in [-0.1, -0.05) is 6.07 Å². The average Bonchev–Trinajstić information content (AvgIpc) is 2.49. The van der Waals surface area contributed by atoms with Gasteiger partial charge in [0.25, 0.3) is 11.1 Å². The number of aromatic nitrogens is 3. The fourth-order valence-electron chi connectivity index (χ4n) is 3.21. The van der Waals surface area contributed by atoms with Gasteiger partial charge < -0.3 is 14.9 Å².